The Morgan fingerprint density at radius 2 is 1.82 bits per heavy atom. The Labute approximate surface area is 203 Å². The van der Waals surface area contributed by atoms with Crippen LogP contribution in [0.3, 0.4) is 0 Å². The lowest BCUT2D eigenvalue weighted by molar-refractivity contribution is -0.142. The van der Waals surface area contributed by atoms with E-state index in [-0.39, 0.29) is 24.1 Å². The molecule has 0 radical (unpaired) electrons. The van der Waals surface area contributed by atoms with E-state index in [1.165, 1.54) is 0 Å². The second-order valence-electron chi connectivity index (χ2n) is 7.12. The van der Waals surface area contributed by atoms with E-state index in [0.717, 1.165) is 15.4 Å². The third-order valence-electron chi connectivity index (χ3n) is 4.69. The fourth-order valence-corrected chi connectivity index (χ4v) is 3.79. The SMILES string of the molecule is CCOC(=O)Cc1ccc(Oc2ccc(NC(=O)c3cc4cc(Br)ccc4o3)cc2)c(Cl)c1. The second kappa shape index (κ2) is 10.1. The zero-order chi connectivity index (χ0) is 23.4. The number of esters is 1. The summed E-state index contributed by atoms with van der Waals surface area (Å²) in [6.07, 6.45) is 0.144. The molecule has 1 amide bonds. The highest BCUT2D eigenvalue weighted by molar-refractivity contribution is 9.10. The van der Waals surface area contributed by atoms with Crippen LogP contribution >= 0.6 is 27.5 Å². The summed E-state index contributed by atoms with van der Waals surface area (Å²) in [4.78, 5) is 24.2. The van der Waals surface area contributed by atoms with Gasteiger partial charge in [0.25, 0.3) is 5.91 Å². The molecule has 0 aliphatic rings. The van der Waals surface area contributed by atoms with Crippen molar-refractivity contribution < 1.29 is 23.5 Å². The smallest absolute Gasteiger partial charge is 0.310 e. The van der Waals surface area contributed by atoms with E-state index < -0.39 is 0 Å². The molecular weight excluding hydrogens is 510 g/mol. The number of benzene rings is 3. The highest BCUT2D eigenvalue weighted by Gasteiger charge is 2.13. The summed E-state index contributed by atoms with van der Waals surface area (Å²) >= 11 is 9.71. The van der Waals surface area contributed by atoms with Crippen LogP contribution in [0.1, 0.15) is 23.0 Å². The van der Waals surface area contributed by atoms with Gasteiger partial charge in [0.1, 0.15) is 17.1 Å². The minimum absolute atomic E-state index is 0.144. The maximum absolute atomic E-state index is 12.5. The lowest BCUT2D eigenvalue weighted by Crippen LogP contribution is -2.10. The first-order valence-corrected chi connectivity index (χ1v) is 11.3. The summed E-state index contributed by atoms with van der Waals surface area (Å²) < 4.78 is 17.3. The molecule has 3 aromatic carbocycles. The van der Waals surface area contributed by atoms with Crippen LogP contribution in [0.4, 0.5) is 5.69 Å². The number of hydrogen-bond acceptors (Lipinski definition) is 5. The fraction of sp³-hybridized carbons (Fsp3) is 0.120. The average molecular weight is 529 g/mol. The Morgan fingerprint density at radius 3 is 2.55 bits per heavy atom. The van der Waals surface area contributed by atoms with E-state index in [4.69, 9.17) is 25.5 Å². The number of amides is 1. The van der Waals surface area contributed by atoms with Gasteiger partial charge in [0.2, 0.25) is 0 Å². The standard InChI is InChI=1S/C25H19BrClNO5/c1-2-31-24(29)12-15-3-9-22(20(27)11-15)32-19-7-5-18(6-8-19)28-25(30)23-14-16-13-17(26)4-10-21(16)33-23/h3-11,13-14H,2,12H2,1H3,(H,28,30). The quantitative estimate of drug-likeness (QED) is 0.261. The van der Waals surface area contributed by atoms with Gasteiger partial charge in [-0.05, 0) is 73.2 Å². The zero-order valence-electron chi connectivity index (χ0n) is 17.6. The van der Waals surface area contributed by atoms with Crippen LogP contribution in [0.15, 0.2) is 75.6 Å². The van der Waals surface area contributed by atoms with Crippen molar-refractivity contribution in [1.29, 1.82) is 0 Å². The molecule has 168 valence electrons. The number of carbonyl (C=O) groups is 2. The summed E-state index contributed by atoms with van der Waals surface area (Å²) in [5.74, 6) is 0.556. The minimum atomic E-state index is -0.351. The molecule has 0 aliphatic carbocycles. The van der Waals surface area contributed by atoms with Gasteiger partial charge >= 0.3 is 5.97 Å². The molecule has 33 heavy (non-hydrogen) atoms. The van der Waals surface area contributed by atoms with Crippen LogP contribution in [0.2, 0.25) is 5.02 Å². The molecule has 0 spiro atoms. The largest absolute Gasteiger partial charge is 0.466 e. The Balaban J connectivity index is 1.39. The first-order valence-electron chi connectivity index (χ1n) is 10.1. The van der Waals surface area contributed by atoms with Crippen molar-refractivity contribution in [2.24, 2.45) is 0 Å². The van der Waals surface area contributed by atoms with Gasteiger partial charge in [0, 0.05) is 15.5 Å². The van der Waals surface area contributed by atoms with Gasteiger partial charge < -0.3 is 19.2 Å². The van der Waals surface area contributed by atoms with Crippen molar-refractivity contribution in [3.05, 3.63) is 87.5 Å². The molecule has 0 aliphatic heterocycles. The van der Waals surface area contributed by atoms with Gasteiger partial charge in [0.05, 0.1) is 18.1 Å². The van der Waals surface area contributed by atoms with E-state index >= 15 is 0 Å². The van der Waals surface area contributed by atoms with Gasteiger partial charge in [0.15, 0.2) is 5.76 Å². The zero-order valence-corrected chi connectivity index (χ0v) is 19.9. The monoisotopic (exact) mass is 527 g/mol. The van der Waals surface area contributed by atoms with Gasteiger partial charge in [-0.1, -0.05) is 33.6 Å². The summed E-state index contributed by atoms with van der Waals surface area (Å²) in [6.45, 7) is 2.09. The van der Waals surface area contributed by atoms with Crippen molar-refractivity contribution in [3.63, 3.8) is 0 Å². The summed E-state index contributed by atoms with van der Waals surface area (Å²) in [5.41, 5.74) is 1.96. The minimum Gasteiger partial charge on any atom is -0.466 e. The van der Waals surface area contributed by atoms with E-state index in [1.807, 2.05) is 12.1 Å². The van der Waals surface area contributed by atoms with Crippen molar-refractivity contribution in [2.45, 2.75) is 13.3 Å². The molecule has 4 rings (SSSR count). The first-order chi connectivity index (χ1) is 15.9. The van der Waals surface area contributed by atoms with Crippen molar-refractivity contribution in [3.8, 4) is 11.5 Å². The molecule has 0 atom stereocenters. The molecule has 1 aromatic heterocycles. The van der Waals surface area contributed by atoms with Crippen molar-refractivity contribution >= 4 is 56.1 Å². The summed E-state index contributed by atoms with van der Waals surface area (Å²) in [6, 6.07) is 19.2. The van der Waals surface area contributed by atoms with Gasteiger partial charge in [-0.25, -0.2) is 0 Å². The van der Waals surface area contributed by atoms with Crippen molar-refractivity contribution in [2.75, 3.05) is 11.9 Å². The van der Waals surface area contributed by atoms with Gasteiger partial charge in [-0.15, -0.1) is 0 Å². The molecular formula is C25H19BrClNO5. The van der Waals surface area contributed by atoms with Crippen LogP contribution in [0.25, 0.3) is 11.0 Å². The Hall–Kier alpha value is -3.29. The van der Waals surface area contributed by atoms with Crippen LogP contribution in [0.5, 0.6) is 11.5 Å². The third-order valence-corrected chi connectivity index (χ3v) is 5.48. The molecule has 0 fully saturated rings. The van der Waals surface area contributed by atoms with Gasteiger partial charge in [-0.3, -0.25) is 9.59 Å². The summed E-state index contributed by atoms with van der Waals surface area (Å²) in [7, 11) is 0. The number of rotatable bonds is 7. The molecule has 6 nitrogen and oxygen atoms in total. The normalized spacial score (nSPS) is 10.8. The number of carbonyl (C=O) groups excluding carboxylic acids is 2. The number of fused-ring (bicyclic) bond motifs is 1. The summed E-state index contributed by atoms with van der Waals surface area (Å²) in [5, 5.41) is 4.02. The number of halogens is 2. The van der Waals surface area contributed by atoms with Gasteiger partial charge in [-0.2, -0.15) is 0 Å². The Kier molecular flexibility index (Phi) is 7.01. The predicted octanol–water partition coefficient (Wildman–Crippen LogP) is 7.00. The Bertz CT molecular complexity index is 1320. The maximum atomic E-state index is 12.5. The van der Waals surface area contributed by atoms with E-state index in [1.54, 1.807) is 61.5 Å². The third kappa shape index (κ3) is 5.74. The van der Waals surface area contributed by atoms with Crippen LogP contribution in [0, 0.1) is 0 Å². The highest BCUT2D eigenvalue weighted by atomic mass is 79.9. The van der Waals surface area contributed by atoms with E-state index in [0.29, 0.717) is 34.4 Å². The van der Waals surface area contributed by atoms with Crippen molar-refractivity contribution in [1.82, 2.24) is 0 Å². The maximum Gasteiger partial charge on any atom is 0.310 e. The lowest BCUT2D eigenvalue weighted by Gasteiger charge is -2.10. The van der Waals surface area contributed by atoms with E-state index in [2.05, 4.69) is 21.2 Å². The van der Waals surface area contributed by atoms with E-state index in [9.17, 15) is 9.59 Å². The van der Waals surface area contributed by atoms with Crippen LogP contribution in [-0.2, 0) is 16.0 Å². The number of ether oxygens (including phenoxy) is 2. The molecule has 1 heterocycles. The first kappa shape index (κ1) is 22.9. The molecule has 0 saturated heterocycles. The second-order valence-corrected chi connectivity index (χ2v) is 8.44. The number of furan rings is 1. The number of nitrogens with one attached hydrogen (secondary N) is 1. The predicted molar refractivity (Wildman–Crippen MR) is 130 cm³/mol. The number of anilines is 1. The van der Waals surface area contributed by atoms with Crippen LogP contribution in [-0.4, -0.2) is 18.5 Å². The Morgan fingerprint density at radius 1 is 1.03 bits per heavy atom. The average Bonchev–Trinajstić information content (AvgIpc) is 3.20. The molecule has 1 N–H and O–H groups in total. The van der Waals surface area contributed by atoms with Crippen LogP contribution < -0.4 is 10.1 Å². The highest BCUT2D eigenvalue weighted by Crippen LogP contribution is 2.31. The molecule has 0 saturated carbocycles. The fourth-order valence-electron chi connectivity index (χ4n) is 3.17. The molecule has 4 aromatic rings. The molecule has 8 heteroatoms. The number of hydrogen-bond donors (Lipinski definition) is 1. The lowest BCUT2D eigenvalue weighted by atomic mass is 10.1. The molecule has 0 unspecified atom stereocenters. The molecule has 0 bridgehead atoms. The topological polar surface area (TPSA) is 77.8 Å².